The van der Waals surface area contributed by atoms with Crippen molar-refractivity contribution in [3.63, 3.8) is 0 Å². The molecule has 0 N–H and O–H groups in total. The average Bonchev–Trinajstić information content (AvgIpc) is 3.15. The Morgan fingerprint density at radius 3 is 2.69 bits per heavy atom. The van der Waals surface area contributed by atoms with E-state index in [1.54, 1.807) is 38.1 Å². The topological polar surface area (TPSA) is 87.4 Å². The van der Waals surface area contributed by atoms with E-state index in [4.69, 9.17) is 9.47 Å². The first kappa shape index (κ1) is 18.2. The third-order valence-corrected chi connectivity index (χ3v) is 5.29. The van der Waals surface area contributed by atoms with Crippen molar-refractivity contribution in [2.24, 2.45) is 0 Å². The highest BCUT2D eigenvalue weighted by atomic mass is 32.2. The van der Waals surface area contributed by atoms with Gasteiger partial charge in [-0.3, -0.25) is 10.1 Å². The molecule has 0 spiro atoms. The number of ether oxygens (including phenoxy) is 2. The highest BCUT2D eigenvalue weighted by Crippen LogP contribution is 2.33. The zero-order valence-electron chi connectivity index (χ0n) is 14.0. The average molecular weight is 389 g/mol. The van der Waals surface area contributed by atoms with Gasteiger partial charge in [0.25, 0.3) is 5.69 Å². The van der Waals surface area contributed by atoms with Gasteiger partial charge in [-0.1, -0.05) is 12.1 Å². The second-order valence-electron chi connectivity index (χ2n) is 5.13. The largest absolute Gasteiger partial charge is 0.493 e. The summed E-state index contributed by atoms with van der Waals surface area (Å²) >= 11 is 2.81. The van der Waals surface area contributed by atoms with Crippen LogP contribution in [0, 0.1) is 10.1 Å². The molecule has 134 valence electrons. The molecule has 0 aliphatic carbocycles. The van der Waals surface area contributed by atoms with Gasteiger partial charge in [0.2, 0.25) is 0 Å². The van der Waals surface area contributed by atoms with Gasteiger partial charge in [0.05, 0.1) is 24.9 Å². The molecule has 0 unspecified atom stereocenters. The van der Waals surface area contributed by atoms with Crippen LogP contribution in [-0.4, -0.2) is 28.5 Å². The second-order valence-corrected chi connectivity index (χ2v) is 6.93. The lowest BCUT2D eigenvalue weighted by Crippen LogP contribution is -1.91. The molecule has 0 radical (unpaired) electrons. The van der Waals surface area contributed by atoms with E-state index in [-0.39, 0.29) is 5.69 Å². The van der Waals surface area contributed by atoms with Crippen molar-refractivity contribution >= 4 is 29.0 Å². The SMILES string of the molecule is COc1ccc(SCc2nsc(-c3cccc([N+](=O)[O-])c3)n2)cc1OC. The fraction of sp³-hybridized carbons (Fsp3) is 0.176. The van der Waals surface area contributed by atoms with E-state index in [1.165, 1.54) is 23.7 Å². The molecule has 7 nitrogen and oxygen atoms in total. The van der Waals surface area contributed by atoms with Crippen LogP contribution in [0.1, 0.15) is 5.82 Å². The maximum atomic E-state index is 10.9. The van der Waals surface area contributed by atoms with Crippen molar-refractivity contribution in [3.8, 4) is 22.1 Å². The summed E-state index contributed by atoms with van der Waals surface area (Å²) in [5, 5.41) is 11.6. The van der Waals surface area contributed by atoms with Crippen LogP contribution in [0.15, 0.2) is 47.4 Å². The summed E-state index contributed by atoms with van der Waals surface area (Å²) in [6, 6.07) is 12.1. The minimum atomic E-state index is -0.418. The Kier molecular flexibility index (Phi) is 5.69. The Balaban J connectivity index is 1.71. The van der Waals surface area contributed by atoms with Crippen LogP contribution < -0.4 is 9.47 Å². The molecule has 1 aromatic heterocycles. The van der Waals surface area contributed by atoms with Crippen LogP contribution in [0.3, 0.4) is 0 Å². The minimum Gasteiger partial charge on any atom is -0.493 e. The van der Waals surface area contributed by atoms with Crippen LogP contribution >= 0.6 is 23.3 Å². The van der Waals surface area contributed by atoms with Crippen molar-refractivity contribution in [1.29, 1.82) is 0 Å². The third kappa shape index (κ3) is 4.12. The number of rotatable bonds is 7. The zero-order valence-corrected chi connectivity index (χ0v) is 15.7. The van der Waals surface area contributed by atoms with Crippen LogP contribution in [-0.2, 0) is 5.75 Å². The Labute approximate surface area is 158 Å². The first-order valence-electron chi connectivity index (χ1n) is 7.53. The lowest BCUT2D eigenvalue weighted by Gasteiger charge is -2.08. The van der Waals surface area contributed by atoms with Gasteiger partial charge >= 0.3 is 0 Å². The van der Waals surface area contributed by atoms with Gasteiger partial charge in [-0.05, 0) is 29.7 Å². The van der Waals surface area contributed by atoms with E-state index in [0.717, 1.165) is 4.90 Å². The summed E-state index contributed by atoms with van der Waals surface area (Å²) in [6.45, 7) is 0. The van der Waals surface area contributed by atoms with Gasteiger partial charge in [-0.15, -0.1) is 11.8 Å². The maximum Gasteiger partial charge on any atom is 0.270 e. The summed E-state index contributed by atoms with van der Waals surface area (Å²) in [4.78, 5) is 16.0. The Morgan fingerprint density at radius 2 is 1.96 bits per heavy atom. The van der Waals surface area contributed by atoms with Gasteiger partial charge in [0.15, 0.2) is 17.3 Å². The molecule has 0 aliphatic heterocycles. The monoisotopic (exact) mass is 389 g/mol. The minimum absolute atomic E-state index is 0.0407. The lowest BCUT2D eigenvalue weighted by atomic mass is 10.2. The molecule has 0 atom stereocenters. The Hall–Kier alpha value is -2.65. The second kappa shape index (κ2) is 8.15. The molecule has 2 aromatic carbocycles. The summed E-state index contributed by atoms with van der Waals surface area (Å²) < 4.78 is 14.9. The van der Waals surface area contributed by atoms with Crippen molar-refractivity contribution in [3.05, 3.63) is 58.4 Å². The van der Waals surface area contributed by atoms with Crippen LogP contribution in [0.4, 0.5) is 5.69 Å². The maximum absolute atomic E-state index is 10.9. The molecule has 0 bridgehead atoms. The lowest BCUT2D eigenvalue weighted by molar-refractivity contribution is -0.384. The summed E-state index contributed by atoms with van der Waals surface area (Å²) in [5.74, 6) is 2.61. The molecule has 1 heterocycles. The smallest absolute Gasteiger partial charge is 0.270 e. The number of methoxy groups -OCH3 is 2. The fourth-order valence-electron chi connectivity index (χ4n) is 2.24. The van der Waals surface area contributed by atoms with Crippen molar-refractivity contribution in [2.75, 3.05) is 14.2 Å². The number of nitro benzene ring substituents is 1. The number of benzene rings is 2. The van der Waals surface area contributed by atoms with Crippen LogP contribution in [0.2, 0.25) is 0 Å². The van der Waals surface area contributed by atoms with Gasteiger partial charge in [0, 0.05) is 22.6 Å². The molecule has 3 rings (SSSR count). The van der Waals surface area contributed by atoms with Crippen molar-refractivity contribution in [1.82, 2.24) is 9.36 Å². The molecule has 0 saturated carbocycles. The summed E-state index contributed by atoms with van der Waals surface area (Å²) in [5.41, 5.74) is 0.734. The van der Waals surface area contributed by atoms with Crippen molar-refractivity contribution < 1.29 is 14.4 Å². The number of nitro groups is 1. The molecule has 9 heteroatoms. The van der Waals surface area contributed by atoms with Gasteiger partial charge in [-0.2, -0.15) is 4.37 Å². The predicted octanol–water partition coefficient (Wildman–Crippen LogP) is 4.42. The molecule has 0 saturated heterocycles. The number of non-ortho nitro benzene ring substituents is 1. The number of thioether (sulfide) groups is 1. The zero-order chi connectivity index (χ0) is 18.5. The summed E-state index contributed by atoms with van der Waals surface area (Å²) in [7, 11) is 3.19. The molecule has 0 amide bonds. The normalized spacial score (nSPS) is 10.5. The molecule has 0 fully saturated rings. The van der Waals surface area contributed by atoms with E-state index in [9.17, 15) is 10.1 Å². The Bertz CT molecular complexity index is 930. The highest BCUT2D eigenvalue weighted by Gasteiger charge is 2.12. The van der Waals surface area contributed by atoms with Crippen LogP contribution in [0.25, 0.3) is 10.6 Å². The van der Waals surface area contributed by atoms with E-state index in [0.29, 0.717) is 33.6 Å². The molecule has 0 aliphatic rings. The van der Waals surface area contributed by atoms with Gasteiger partial charge in [0.1, 0.15) is 5.01 Å². The van der Waals surface area contributed by atoms with E-state index in [2.05, 4.69) is 9.36 Å². The quantitative estimate of drug-likeness (QED) is 0.336. The number of nitrogens with zero attached hydrogens (tertiary/aromatic N) is 3. The highest BCUT2D eigenvalue weighted by molar-refractivity contribution is 7.98. The standard InChI is InChI=1S/C17H15N3O4S2/c1-23-14-7-6-13(9-15(14)24-2)25-10-16-18-17(26-19-16)11-4-3-5-12(8-11)20(21)22/h3-9H,10H2,1-2H3. The summed E-state index contributed by atoms with van der Waals surface area (Å²) in [6.07, 6.45) is 0. The first-order valence-corrected chi connectivity index (χ1v) is 9.29. The molecule has 3 aromatic rings. The third-order valence-electron chi connectivity index (χ3n) is 3.49. The Morgan fingerprint density at radius 1 is 1.15 bits per heavy atom. The number of aromatic nitrogens is 2. The van der Waals surface area contributed by atoms with Crippen LogP contribution in [0.5, 0.6) is 11.5 Å². The first-order chi connectivity index (χ1) is 12.6. The number of hydrogen-bond donors (Lipinski definition) is 0. The van der Waals surface area contributed by atoms with Crippen molar-refractivity contribution in [2.45, 2.75) is 10.6 Å². The molecular formula is C17H15N3O4S2. The van der Waals surface area contributed by atoms with Gasteiger partial charge in [-0.25, -0.2) is 4.98 Å². The number of hydrogen-bond acceptors (Lipinski definition) is 8. The predicted molar refractivity (Wildman–Crippen MR) is 101 cm³/mol. The van der Waals surface area contributed by atoms with Gasteiger partial charge < -0.3 is 9.47 Å². The molecule has 26 heavy (non-hydrogen) atoms. The fourth-order valence-corrected chi connectivity index (χ4v) is 3.77. The van der Waals surface area contributed by atoms with E-state index in [1.807, 2.05) is 18.2 Å². The van der Waals surface area contributed by atoms with E-state index < -0.39 is 4.92 Å². The van der Waals surface area contributed by atoms with E-state index >= 15 is 0 Å². The molecular weight excluding hydrogens is 374 g/mol.